The number of guanidine groups is 1. The Morgan fingerprint density at radius 2 is 2.07 bits per heavy atom. The molecule has 158 valence electrons. The first-order chi connectivity index (χ1) is 14.2. The van der Waals surface area contributed by atoms with Gasteiger partial charge in [0.15, 0.2) is 22.6 Å². The van der Waals surface area contributed by atoms with Crippen molar-refractivity contribution in [3.63, 3.8) is 0 Å². The Hall–Kier alpha value is -2.48. The van der Waals surface area contributed by atoms with Crippen LogP contribution < -0.4 is 25.0 Å². The van der Waals surface area contributed by atoms with Crippen LogP contribution in [0.4, 0.5) is 10.8 Å². The lowest BCUT2D eigenvalue weighted by molar-refractivity contribution is 0.311. The number of nitrogens with one attached hydrogen (secondary N) is 2. The molecule has 0 spiro atoms. The number of nitrogens with zero attached hydrogens (tertiary/aromatic N) is 3. The number of aliphatic imine (C=N–C) groups is 1. The fraction of sp³-hybridized carbons (Fsp3) is 0.524. The van der Waals surface area contributed by atoms with Crippen molar-refractivity contribution in [1.29, 1.82) is 0 Å². The average Bonchev–Trinajstić information content (AvgIpc) is 3.41. The second kappa shape index (κ2) is 10.9. The van der Waals surface area contributed by atoms with Gasteiger partial charge in [0.1, 0.15) is 0 Å². The average molecular weight is 418 g/mol. The van der Waals surface area contributed by atoms with Gasteiger partial charge in [-0.25, -0.2) is 4.98 Å². The van der Waals surface area contributed by atoms with Crippen LogP contribution in [0.5, 0.6) is 11.5 Å². The molecule has 29 heavy (non-hydrogen) atoms. The minimum atomic E-state index is 0.601. The topological polar surface area (TPSA) is 71.0 Å². The maximum Gasteiger partial charge on any atom is 0.195 e. The standard InChI is InChI=1S/C21H31N5O2S/c1-4-22-20(24-16-8-9-18(28-5-2)19(14-16)27-3)23-11-10-17-15-29-21(25-17)26-12-6-7-13-26/h8-9,14-15H,4-7,10-13H2,1-3H3,(H2,22,23,24). The Kier molecular flexibility index (Phi) is 7.98. The molecule has 0 aliphatic carbocycles. The number of thiazole rings is 1. The van der Waals surface area contributed by atoms with Crippen molar-refractivity contribution in [2.24, 2.45) is 4.99 Å². The van der Waals surface area contributed by atoms with Crippen molar-refractivity contribution in [3.05, 3.63) is 29.3 Å². The molecular weight excluding hydrogens is 386 g/mol. The molecule has 1 saturated heterocycles. The fourth-order valence-electron chi connectivity index (χ4n) is 3.21. The zero-order valence-electron chi connectivity index (χ0n) is 17.5. The molecule has 0 saturated carbocycles. The lowest BCUT2D eigenvalue weighted by Gasteiger charge is -2.14. The smallest absolute Gasteiger partial charge is 0.195 e. The molecule has 2 aromatic rings. The van der Waals surface area contributed by atoms with Gasteiger partial charge in [0.25, 0.3) is 0 Å². The molecule has 0 amide bonds. The van der Waals surface area contributed by atoms with Gasteiger partial charge >= 0.3 is 0 Å². The predicted octanol–water partition coefficient (Wildman–Crippen LogP) is 3.77. The number of anilines is 2. The maximum atomic E-state index is 5.58. The third-order valence-corrected chi connectivity index (χ3v) is 5.57. The van der Waals surface area contributed by atoms with Gasteiger partial charge in [-0.15, -0.1) is 11.3 Å². The van der Waals surface area contributed by atoms with Crippen molar-refractivity contribution in [3.8, 4) is 11.5 Å². The van der Waals surface area contributed by atoms with E-state index in [-0.39, 0.29) is 0 Å². The molecule has 2 N–H and O–H groups in total. The molecule has 1 aromatic carbocycles. The van der Waals surface area contributed by atoms with Crippen LogP contribution in [0.25, 0.3) is 0 Å². The van der Waals surface area contributed by atoms with Crippen molar-refractivity contribution in [2.75, 3.05) is 50.1 Å². The molecule has 8 heteroatoms. The van der Waals surface area contributed by atoms with Gasteiger partial charge in [-0.1, -0.05) is 0 Å². The quantitative estimate of drug-likeness (QED) is 0.478. The van der Waals surface area contributed by atoms with E-state index in [1.54, 1.807) is 18.4 Å². The van der Waals surface area contributed by atoms with Crippen LogP contribution in [0.3, 0.4) is 0 Å². The zero-order valence-corrected chi connectivity index (χ0v) is 18.3. The summed E-state index contributed by atoms with van der Waals surface area (Å²) in [6.07, 6.45) is 3.37. The first-order valence-corrected chi connectivity index (χ1v) is 11.2. The molecule has 0 radical (unpaired) electrons. The zero-order chi connectivity index (χ0) is 20.5. The summed E-state index contributed by atoms with van der Waals surface area (Å²) in [5.41, 5.74) is 2.01. The largest absolute Gasteiger partial charge is 0.493 e. The van der Waals surface area contributed by atoms with E-state index in [1.807, 2.05) is 25.1 Å². The molecule has 0 unspecified atom stereocenters. The highest BCUT2D eigenvalue weighted by Crippen LogP contribution is 2.30. The first-order valence-electron chi connectivity index (χ1n) is 10.3. The Balaban J connectivity index is 1.59. The van der Waals surface area contributed by atoms with Crippen molar-refractivity contribution >= 4 is 28.1 Å². The van der Waals surface area contributed by atoms with E-state index in [9.17, 15) is 0 Å². The number of ether oxygens (including phenoxy) is 2. The molecule has 1 aliphatic rings. The van der Waals surface area contributed by atoms with E-state index in [0.29, 0.717) is 18.9 Å². The van der Waals surface area contributed by atoms with Gasteiger partial charge in [0, 0.05) is 49.7 Å². The van der Waals surface area contributed by atoms with Crippen LogP contribution in [0.1, 0.15) is 32.4 Å². The predicted molar refractivity (Wildman–Crippen MR) is 121 cm³/mol. The summed E-state index contributed by atoms with van der Waals surface area (Å²) in [6.45, 7) is 8.33. The molecule has 1 aromatic heterocycles. The highest BCUT2D eigenvalue weighted by molar-refractivity contribution is 7.13. The van der Waals surface area contributed by atoms with Crippen LogP contribution in [0, 0.1) is 0 Å². The summed E-state index contributed by atoms with van der Waals surface area (Å²) in [4.78, 5) is 11.8. The van der Waals surface area contributed by atoms with Gasteiger partial charge in [0.05, 0.1) is 19.4 Å². The molecule has 1 aliphatic heterocycles. The fourth-order valence-corrected chi connectivity index (χ4v) is 4.12. The molecular formula is C21H31N5O2S. The SMILES string of the molecule is CCNC(=NCCc1csc(N2CCCC2)n1)Nc1ccc(OCC)c(OC)c1. The minimum absolute atomic E-state index is 0.601. The van der Waals surface area contributed by atoms with Crippen molar-refractivity contribution in [1.82, 2.24) is 10.3 Å². The van der Waals surface area contributed by atoms with Gasteiger partial charge in [-0.05, 0) is 38.8 Å². The maximum absolute atomic E-state index is 5.58. The normalized spacial score (nSPS) is 14.2. The third kappa shape index (κ3) is 6.00. The summed E-state index contributed by atoms with van der Waals surface area (Å²) in [5, 5.41) is 9.92. The van der Waals surface area contributed by atoms with E-state index in [0.717, 1.165) is 54.3 Å². The van der Waals surface area contributed by atoms with Crippen LogP contribution in [0.15, 0.2) is 28.6 Å². The van der Waals surface area contributed by atoms with Crippen molar-refractivity contribution < 1.29 is 9.47 Å². The Morgan fingerprint density at radius 3 is 2.79 bits per heavy atom. The second-order valence-corrected chi connectivity index (χ2v) is 7.59. The molecule has 2 heterocycles. The number of hydrogen-bond acceptors (Lipinski definition) is 6. The molecule has 3 rings (SSSR count). The molecule has 0 bridgehead atoms. The van der Waals surface area contributed by atoms with E-state index < -0.39 is 0 Å². The van der Waals surface area contributed by atoms with E-state index in [1.165, 1.54) is 12.8 Å². The number of benzene rings is 1. The van der Waals surface area contributed by atoms with Gasteiger partial charge in [0.2, 0.25) is 0 Å². The molecule has 0 atom stereocenters. The summed E-state index contributed by atoms with van der Waals surface area (Å²) in [6, 6.07) is 5.78. The second-order valence-electron chi connectivity index (χ2n) is 6.75. The summed E-state index contributed by atoms with van der Waals surface area (Å²) in [7, 11) is 1.64. The van der Waals surface area contributed by atoms with Gasteiger partial charge < -0.3 is 25.0 Å². The molecule has 7 nitrogen and oxygen atoms in total. The molecule has 1 fully saturated rings. The van der Waals surface area contributed by atoms with E-state index in [2.05, 4.69) is 27.8 Å². The van der Waals surface area contributed by atoms with Crippen LogP contribution in [-0.2, 0) is 6.42 Å². The Labute approximate surface area is 177 Å². The number of hydrogen-bond donors (Lipinski definition) is 2. The van der Waals surface area contributed by atoms with Crippen LogP contribution >= 0.6 is 11.3 Å². The highest BCUT2D eigenvalue weighted by Gasteiger charge is 2.15. The first kappa shape index (κ1) is 21.2. The monoisotopic (exact) mass is 417 g/mol. The minimum Gasteiger partial charge on any atom is -0.493 e. The highest BCUT2D eigenvalue weighted by atomic mass is 32.1. The summed E-state index contributed by atoms with van der Waals surface area (Å²) < 4.78 is 11.0. The lowest BCUT2D eigenvalue weighted by atomic mass is 10.2. The number of methoxy groups -OCH3 is 1. The number of aromatic nitrogens is 1. The van der Waals surface area contributed by atoms with E-state index in [4.69, 9.17) is 19.5 Å². The Bertz CT molecular complexity index is 802. The van der Waals surface area contributed by atoms with E-state index >= 15 is 0 Å². The van der Waals surface area contributed by atoms with Crippen LogP contribution in [0.2, 0.25) is 0 Å². The Morgan fingerprint density at radius 1 is 1.24 bits per heavy atom. The summed E-state index contributed by atoms with van der Waals surface area (Å²) in [5.74, 6) is 2.18. The summed E-state index contributed by atoms with van der Waals surface area (Å²) >= 11 is 1.74. The third-order valence-electron chi connectivity index (χ3n) is 4.62. The van der Waals surface area contributed by atoms with Gasteiger partial charge in [-0.3, -0.25) is 4.99 Å². The van der Waals surface area contributed by atoms with Crippen LogP contribution in [-0.4, -0.2) is 50.8 Å². The van der Waals surface area contributed by atoms with Crippen molar-refractivity contribution in [2.45, 2.75) is 33.1 Å². The number of rotatable bonds is 9. The van der Waals surface area contributed by atoms with Gasteiger partial charge in [-0.2, -0.15) is 0 Å². The lowest BCUT2D eigenvalue weighted by Crippen LogP contribution is -2.30.